The summed E-state index contributed by atoms with van der Waals surface area (Å²) in [6, 6.07) is 7.57. The third kappa shape index (κ3) is 1.54. The van der Waals surface area contributed by atoms with Gasteiger partial charge in [0.2, 0.25) is 5.78 Å². The van der Waals surface area contributed by atoms with Crippen molar-refractivity contribution in [3.8, 4) is 0 Å². The Kier molecular flexibility index (Phi) is 2.78. The van der Waals surface area contributed by atoms with Crippen LogP contribution in [0.1, 0.15) is 17.3 Å². The average molecular weight is 270 g/mol. The highest BCUT2D eigenvalue weighted by atomic mass is 16.2. The van der Waals surface area contributed by atoms with Gasteiger partial charge in [-0.15, -0.1) is 0 Å². The van der Waals surface area contributed by atoms with Crippen molar-refractivity contribution < 1.29 is 4.79 Å². The molecule has 0 aliphatic rings. The van der Waals surface area contributed by atoms with Crippen molar-refractivity contribution in [3.63, 3.8) is 0 Å². The van der Waals surface area contributed by atoms with Gasteiger partial charge in [0.05, 0.1) is 11.0 Å². The number of para-hydroxylation sites is 2. The minimum atomic E-state index is -0.426. The summed E-state index contributed by atoms with van der Waals surface area (Å²) in [5, 5.41) is 2.46. The lowest BCUT2D eigenvalue weighted by Gasteiger charge is -2.02. The van der Waals surface area contributed by atoms with Gasteiger partial charge in [-0.25, -0.2) is 9.38 Å². The fourth-order valence-electron chi connectivity index (χ4n) is 2.45. The topological polar surface area (TPSA) is 68.4 Å². The molecule has 1 aromatic carbocycles. The van der Waals surface area contributed by atoms with Crippen LogP contribution in [-0.2, 0) is 6.54 Å². The zero-order valence-corrected chi connectivity index (χ0v) is 11.3. The molecular formula is C14H14N4O2. The molecule has 0 atom stereocenters. The second kappa shape index (κ2) is 4.48. The Morgan fingerprint density at radius 1 is 1.30 bits per heavy atom. The Hall–Kier alpha value is -2.63. The molecule has 2 heterocycles. The molecule has 0 aliphatic heterocycles. The van der Waals surface area contributed by atoms with Crippen LogP contribution in [0.2, 0.25) is 0 Å². The number of fused-ring (bicyclic) bond motifs is 3. The van der Waals surface area contributed by atoms with Gasteiger partial charge in [-0.1, -0.05) is 12.1 Å². The molecule has 0 saturated carbocycles. The molecule has 0 fully saturated rings. The normalized spacial score (nSPS) is 11.1. The molecule has 2 aromatic heterocycles. The summed E-state index contributed by atoms with van der Waals surface area (Å²) in [5.74, 6) is 0.122. The highest BCUT2D eigenvalue weighted by molar-refractivity contribution is 5.94. The number of nitrogens with one attached hydrogen (secondary N) is 1. The summed E-state index contributed by atoms with van der Waals surface area (Å²) in [7, 11) is 1.49. The third-order valence-electron chi connectivity index (χ3n) is 3.39. The van der Waals surface area contributed by atoms with E-state index in [9.17, 15) is 9.59 Å². The fraction of sp³-hybridized carbons (Fsp3) is 0.214. The van der Waals surface area contributed by atoms with E-state index in [0.717, 1.165) is 11.0 Å². The highest BCUT2D eigenvalue weighted by Crippen LogP contribution is 2.17. The Morgan fingerprint density at radius 3 is 2.65 bits per heavy atom. The van der Waals surface area contributed by atoms with Gasteiger partial charge in [0.15, 0.2) is 0 Å². The van der Waals surface area contributed by atoms with Crippen molar-refractivity contribution >= 4 is 22.7 Å². The van der Waals surface area contributed by atoms with Gasteiger partial charge in [0.1, 0.15) is 5.56 Å². The summed E-state index contributed by atoms with van der Waals surface area (Å²) in [6.07, 6.45) is 1.33. The zero-order valence-electron chi connectivity index (χ0n) is 11.3. The number of rotatable bonds is 2. The monoisotopic (exact) mass is 270 g/mol. The van der Waals surface area contributed by atoms with Gasteiger partial charge in [0.25, 0.3) is 11.5 Å². The second-order valence-corrected chi connectivity index (χ2v) is 4.42. The van der Waals surface area contributed by atoms with Crippen LogP contribution < -0.4 is 10.9 Å². The van der Waals surface area contributed by atoms with Crippen LogP contribution in [0.25, 0.3) is 16.8 Å². The number of aromatic nitrogens is 3. The number of imidazole rings is 1. The minimum Gasteiger partial charge on any atom is -0.355 e. The van der Waals surface area contributed by atoms with Crippen molar-refractivity contribution in [2.75, 3.05) is 7.05 Å². The average Bonchev–Trinajstić information content (AvgIpc) is 2.81. The number of amides is 1. The van der Waals surface area contributed by atoms with E-state index in [2.05, 4.69) is 10.3 Å². The number of hydrogen-bond donors (Lipinski definition) is 1. The van der Waals surface area contributed by atoms with Gasteiger partial charge in [-0.05, 0) is 19.1 Å². The lowest BCUT2D eigenvalue weighted by atomic mass is 10.3. The molecule has 0 radical (unpaired) electrons. The van der Waals surface area contributed by atoms with E-state index in [1.54, 1.807) is 0 Å². The summed E-state index contributed by atoms with van der Waals surface area (Å²) >= 11 is 0. The molecule has 102 valence electrons. The molecule has 0 aliphatic carbocycles. The SMILES string of the molecule is CCn1c2ccccc2n2c(=O)c(C(=O)NC)cnc12. The van der Waals surface area contributed by atoms with Crippen LogP contribution in [0.4, 0.5) is 0 Å². The number of carbonyl (C=O) groups excluding carboxylic acids is 1. The lowest BCUT2D eigenvalue weighted by molar-refractivity contribution is 0.0961. The quantitative estimate of drug-likeness (QED) is 0.756. The zero-order chi connectivity index (χ0) is 14.3. The van der Waals surface area contributed by atoms with Crippen LogP contribution in [0.3, 0.4) is 0 Å². The first kappa shape index (κ1) is 12.4. The van der Waals surface area contributed by atoms with Crippen LogP contribution in [0, 0.1) is 0 Å². The van der Waals surface area contributed by atoms with Gasteiger partial charge >= 0.3 is 0 Å². The van der Waals surface area contributed by atoms with Gasteiger partial charge in [-0.3, -0.25) is 9.59 Å². The van der Waals surface area contributed by atoms with Crippen molar-refractivity contribution in [1.82, 2.24) is 19.3 Å². The molecular weight excluding hydrogens is 256 g/mol. The summed E-state index contributed by atoms with van der Waals surface area (Å²) in [4.78, 5) is 28.5. The largest absolute Gasteiger partial charge is 0.355 e. The van der Waals surface area contributed by atoms with E-state index in [-0.39, 0.29) is 11.1 Å². The Balaban J connectivity index is 2.52. The smallest absolute Gasteiger partial charge is 0.272 e. The van der Waals surface area contributed by atoms with E-state index in [1.165, 1.54) is 17.6 Å². The predicted molar refractivity (Wildman–Crippen MR) is 76.0 cm³/mol. The first-order chi connectivity index (χ1) is 9.69. The molecule has 20 heavy (non-hydrogen) atoms. The van der Waals surface area contributed by atoms with E-state index < -0.39 is 5.91 Å². The van der Waals surface area contributed by atoms with Gasteiger partial charge in [0, 0.05) is 19.8 Å². The molecule has 3 rings (SSSR count). The van der Waals surface area contributed by atoms with Crippen molar-refractivity contribution in [3.05, 3.63) is 46.4 Å². The number of carbonyl (C=O) groups is 1. The molecule has 0 saturated heterocycles. The van der Waals surface area contributed by atoms with Crippen molar-refractivity contribution in [2.24, 2.45) is 0 Å². The molecule has 0 bridgehead atoms. The van der Waals surface area contributed by atoms with Crippen LogP contribution >= 0.6 is 0 Å². The molecule has 0 unspecified atom stereocenters. The maximum Gasteiger partial charge on any atom is 0.272 e. The van der Waals surface area contributed by atoms with E-state index in [1.807, 2.05) is 35.8 Å². The standard InChI is InChI=1S/C14H14N4O2/c1-3-17-10-6-4-5-7-11(10)18-13(20)9(12(19)15-2)8-16-14(17)18/h4-8H,3H2,1-2H3,(H,15,19). The van der Waals surface area contributed by atoms with Crippen LogP contribution in [0.5, 0.6) is 0 Å². The molecule has 1 amide bonds. The van der Waals surface area contributed by atoms with Crippen LogP contribution in [-0.4, -0.2) is 26.9 Å². The van der Waals surface area contributed by atoms with Gasteiger partial charge in [-0.2, -0.15) is 0 Å². The first-order valence-electron chi connectivity index (χ1n) is 6.40. The third-order valence-corrected chi connectivity index (χ3v) is 3.39. The predicted octanol–water partition coefficient (Wildman–Crippen LogP) is 1.03. The fourth-order valence-corrected chi connectivity index (χ4v) is 2.45. The number of benzene rings is 1. The molecule has 1 N–H and O–H groups in total. The first-order valence-corrected chi connectivity index (χ1v) is 6.40. The molecule has 0 spiro atoms. The summed E-state index contributed by atoms with van der Waals surface area (Å²) < 4.78 is 3.44. The Morgan fingerprint density at radius 2 is 2.00 bits per heavy atom. The van der Waals surface area contributed by atoms with E-state index >= 15 is 0 Å². The maximum atomic E-state index is 12.5. The second-order valence-electron chi connectivity index (χ2n) is 4.42. The Labute approximate surface area is 114 Å². The van der Waals surface area contributed by atoms with E-state index in [4.69, 9.17) is 0 Å². The number of nitrogens with zero attached hydrogens (tertiary/aromatic N) is 3. The highest BCUT2D eigenvalue weighted by Gasteiger charge is 2.17. The number of aryl methyl sites for hydroxylation is 1. The maximum absolute atomic E-state index is 12.5. The molecule has 3 aromatic rings. The lowest BCUT2D eigenvalue weighted by Crippen LogP contribution is -2.29. The Bertz CT molecular complexity index is 876. The summed E-state index contributed by atoms with van der Waals surface area (Å²) in [6.45, 7) is 2.69. The van der Waals surface area contributed by atoms with Crippen molar-refractivity contribution in [1.29, 1.82) is 0 Å². The molecule has 6 heteroatoms. The molecule has 6 nitrogen and oxygen atoms in total. The van der Waals surface area contributed by atoms with Gasteiger partial charge < -0.3 is 9.88 Å². The number of hydrogen-bond acceptors (Lipinski definition) is 3. The minimum absolute atomic E-state index is 0.0454. The van der Waals surface area contributed by atoms with E-state index in [0.29, 0.717) is 12.3 Å². The van der Waals surface area contributed by atoms with Crippen LogP contribution in [0.15, 0.2) is 35.3 Å². The van der Waals surface area contributed by atoms with Crippen molar-refractivity contribution in [2.45, 2.75) is 13.5 Å². The summed E-state index contributed by atoms with van der Waals surface area (Å²) in [5.41, 5.74) is 1.38.